The Morgan fingerprint density at radius 1 is 0.913 bits per heavy atom. The number of benzene rings is 2. The molecule has 2 aromatic carbocycles. The van der Waals surface area contributed by atoms with Gasteiger partial charge in [0.1, 0.15) is 0 Å². The third-order valence-corrected chi connectivity index (χ3v) is 3.17. The summed E-state index contributed by atoms with van der Waals surface area (Å²) < 4.78 is 0. The summed E-state index contributed by atoms with van der Waals surface area (Å²) in [4.78, 5) is 33.9. The summed E-state index contributed by atoms with van der Waals surface area (Å²) in [6.07, 6.45) is -0.222. The number of amides is 1. The van der Waals surface area contributed by atoms with Crippen LogP contribution in [0.1, 0.15) is 21.5 Å². The molecule has 0 saturated carbocycles. The fourth-order valence-electron chi connectivity index (χ4n) is 2.16. The highest BCUT2D eigenvalue weighted by Gasteiger charge is 2.14. The van der Waals surface area contributed by atoms with Crippen molar-refractivity contribution in [1.29, 1.82) is 0 Å². The van der Waals surface area contributed by atoms with Gasteiger partial charge in [-0.2, -0.15) is 0 Å². The molecule has 0 radical (unpaired) electrons. The quantitative estimate of drug-likeness (QED) is 0.758. The monoisotopic (exact) mass is 313 g/mol. The summed E-state index contributed by atoms with van der Waals surface area (Å²) in [5.41, 5.74) is 1.21. The number of aliphatic carboxylic acids is 1. The van der Waals surface area contributed by atoms with Gasteiger partial charge in [-0.05, 0) is 23.3 Å². The van der Waals surface area contributed by atoms with Crippen LogP contribution in [0.15, 0.2) is 48.5 Å². The molecule has 2 rings (SSSR count). The Bertz CT molecular complexity index is 740. The zero-order chi connectivity index (χ0) is 16.8. The van der Waals surface area contributed by atoms with Gasteiger partial charge in [-0.3, -0.25) is 9.59 Å². The van der Waals surface area contributed by atoms with Crippen molar-refractivity contribution in [3.63, 3.8) is 0 Å². The van der Waals surface area contributed by atoms with E-state index in [1.54, 1.807) is 0 Å². The smallest absolute Gasteiger partial charge is 0.336 e. The minimum atomic E-state index is -1.24. The van der Waals surface area contributed by atoms with Gasteiger partial charge < -0.3 is 15.5 Å². The number of carbonyl (C=O) groups is 3. The van der Waals surface area contributed by atoms with E-state index < -0.39 is 11.9 Å². The van der Waals surface area contributed by atoms with Gasteiger partial charge >= 0.3 is 11.9 Å². The summed E-state index contributed by atoms with van der Waals surface area (Å²) in [5.74, 6) is -2.63. The van der Waals surface area contributed by atoms with Crippen LogP contribution in [-0.2, 0) is 22.4 Å². The van der Waals surface area contributed by atoms with E-state index in [-0.39, 0.29) is 29.9 Å². The molecule has 0 aliphatic heterocycles. The second-order valence-corrected chi connectivity index (χ2v) is 4.96. The van der Waals surface area contributed by atoms with Gasteiger partial charge in [0.25, 0.3) is 0 Å². The lowest BCUT2D eigenvalue weighted by Gasteiger charge is -2.09. The molecule has 6 nitrogen and oxygen atoms in total. The predicted octanol–water partition coefficient (Wildman–Crippen LogP) is 2.19. The molecule has 0 heterocycles. The van der Waals surface area contributed by atoms with Crippen molar-refractivity contribution in [2.75, 3.05) is 5.32 Å². The molecular weight excluding hydrogens is 298 g/mol. The molecule has 1 amide bonds. The molecule has 0 bridgehead atoms. The fraction of sp³-hybridized carbons (Fsp3) is 0.118. The number of nitrogens with one attached hydrogen (secondary N) is 1. The van der Waals surface area contributed by atoms with Crippen molar-refractivity contribution in [2.24, 2.45) is 0 Å². The second-order valence-electron chi connectivity index (χ2n) is 4.96. The molecule has 0 atom stereocenters. The topological polar surface area (TPSA) is 104 Å². The van der Waals surface area contributed by atoms with Crippen molar-refractivity contribution in [1.82, 2.24) is 0 Å². The lowest BCUT2D eigenvalue weighted by atomic mass is 10.0. The van der Waals surface area contributed by atoms with E-state index in [0.717, 1.165) is 5.56 Å². The summed E-state index contributed by atoms with van der Waals surface area (Å²) in [6, 6.07) is 13.3. The molecule has 0 saturated heterocycles. The number of carbonyl (C=O) groups excluding carboxylic acids is 1. The number of hydrogen-bond donors (Lipinski definition) is 3. The first-order chi connectivity index (χ1) is 11.0. The Labute approximate surface area is 132 Å². The average molecular weight is 313 g/mol. The molecule has 0 fully saturated rings. The zero-order valence-corrected chi connectivity index (χ0v) is 12.2. The summed E-state index contributed by atoms with van der Waals surface area (Å²) >= 11 is 0. The van der Waals surface area contributed by atoms with E-state index in [1.807, 2.05) is 30.3 Å². The average Bonchev–Trinajstić information content (AvgIpc) is 2.49. The van der Waals surface area contributed by atoms with E-state index in [1.165, 1.54) is 18.2 Å². The van der Waals surface area contributed by atoms with E-state index in [9.17, 15) is 14.4 Å². The first kappa shape index (κ1) is 16.2. The lowest BCUT2D eigenvalue weighted by Crippen LogP contribution is -2.15. The Hall–Kier alpha value is -3.15. The number of rotatable bonds is 6. The van der Waals surface area contributed by atoms with Gasteiger partial charge in [-0.15, -0.1) is 0 Å². The van der Waals surface area contributed by atoms with Crippen LogP contribution in [0.5, 0.6) is 0 Å². The number of carboxylic acid groups (broad SMARTS) is 2. The summed E-state index contributed by atoms with van der Waals surface area (Å²) in [6.45, 7) is 0. The number of carboxylic acids is 2. The van der Waals surface area contributed by atoms with Crippen molar-refractivity contribution < 1.29 is 24.6 Å². The van der Waals surface area contributed by atoms with E-state index >= 15 is 0 Å². The Kier molecular flexibility index (Phi) is 5.09. The van der Waals surface area contributed by atoms with Crippen molar-refractivity contribution in [2.45, 2.75) is 12.8 Å². The van der Waals surface area contributed by atoms with E-state index in [2.05, 4.69) is 5.32 Å². The van der Waals surface area contributed by atoms with E-state index in [4.69, 9.17) is 10.2 Å². The summed E-state index contributed by atoms with van der Waals surface area (Å²) in [5, 5.41) is 20.6. The number of aromatic carboxylic acids is 1. The summed E-state index contributed by atoms with van der Waals surface area (Å²) in [7, 11) is 0. The van der Waals surface area contributed by atoms with Gasteiger partial charge in [0.15, 0.2) is 0 Å². The highest BCUT2D eigenvalue weighted by molar-refractivity contribution is 5.96. The van der Waals surface area contributed by atoms with Crippen LogP contribution < -0.4 is 5.32 Å². The Morgan fingerprint density at radius 3 is 2.22 bits per heavy atom. The van der Waals surface area contributed by atoms with Gasteiger partial charge in [0.2, 0.25) is 5.91 Å². The standard InChI is InChI=1S/C17H15NO5/c19-15(8-11-4-2-1-3-5-11)18-13-7-6-12(9-16(20)21)14(10-13)17(22)23/h1-7,10H,8-9H2,(H,18,19)(H,20,21)(H,22,23). The molecule has 0 aliphatic rings. The molecule has 6 heteroatoms. The van der Waals surface area contributed by atoms with Gasteiger partial charge in [0.05, 0.1) is 18.4 Å². The van der Waals surface area contributed by atoms with Gasteiger partial charge in [-0.25, -0.2) is 4.79 Å². The normalized spacial score (nSPS) is 10.1. The van der Waals surface area contributed by atoms with Crippen molar-refractivity contribution in [3.8, 4) is 0 Å². The minimum Gasteiger partial charge on any atom is -0.481 e. The van der Waals surface area contributed by atoms with Crippen LogP contribution in [0.2, 0.25) is 0 Å². The first-order valence-corrected chi connectivity index (χ1v) is 6.87. The molecule has 0 aliphatic carbocycles. The molecule has 3 N–H and O–H groups in total. The Morgan fingerprint density at radius 2 is 1.61 bits per heavy atom. The van der Waals surface area contributed by atoms with Crippen LogP contribution in [0.4, 0.5) is 5.69 Å². The predicted molar refractivity (Wildman–Crippen MR) is 83.5 cm³/mol. The fourth-order valence-corrected chi connectivity index (χ4v) is 2.16. The van der Waals surface area contributed by atoms with Crippen LogP contribution in [-0.4, -0.2) is 28.1 Å². The lowest BCUT2D eigenvalue weighted by molar-refractivity contribution is -0.136. The maximum absolute atomic E-state index is 12.0. The second kappa shape index (κ2) is 7.22. The minimum absolute atomic E-state index is 0.134. The van der Waals surface area contributed by atoms with Gasteiger partial charge in [-0.1, -0.05) is 36.4 Å². The molecule has 0 spiro atoms. The molecule has 0 unspecified atom stereocenters. The third kappa shape index (κ3) is 4.67. The van der Waals surface area contributed by atoms with Crippen LogP contribution in [0, 0.1) is 0 Å². The molecule has 2 aromatic rings. The maximum atomic E-state index is 12.0. The van der Waals surface area contributed by atoms with Crippen molar-refractivity contribution in [3.05, 3.63) is 65.2 Å². The van der Waals surface area contributed by atoms with Gasteiger partial charge in [0, 0.05) is 5.69 Å². The highest BCUT2D eigenvalue weighted by atomic mass is 16.4. The molecule has 0 aromatic heterocycles. The van der Waals surface area contributed by atoms with Crippen molar-refractivity contribution >= 4 is 23.5 Å². The molecule has 118 valence electrons. The van der Waals surface area contributed by atoms with Crippen LogP contribution >= 0.6 is 0 Å². The molecule has 23 heavy (non-hydrogen) atoms. The number of hydrogen-bond acceptors (Lipinski definition) is 3. The zero-order valence-electron chi connectivity index (χ0n) is 12.2. The SMILES string of the molecule is O=C(O)Cc1ccc(NC(=O)Cc2ccccc2)cc1C(=O)O. The third-order valence-electron chi connectivity index (χ3n) is 3.17. The van der Waals surface area contributed by atoms with E-state index in [0.29, 0.717) is 5.69 Å². The largest absolute Gasteiger partial charge is 0.481 e. The number of anilines is 1. The van der Waals surface area contributed by atoms with Crippen LogP contribution in [0.3, 0.4) is 0 Å². The molecular formula is C17H15NO5. The highest BCUT2D eigenvalue weighted by Crippen LogP contribution is 2.17. The maximum Gasteiger partial charge on any atom is 0.336 e. The Balaban J connectivity index is 2.14. The van der Waals surface area contributed by atoms with Crippen LogP contribution in [0.25, 0.3) is 0 Å². The first-order valence-electron chi connectivity index (χ1n) is 6.87.